The molecule has 0 aliphatic carbocycles. The molecule has 0 aromatic carbocycles. The fourth-order valence-corrected chi connectivity index (χ4v) is 1.24. The average molecular weight is 252 g/mol. The van der Waals surface area contributed by atoms with Gasteiger partial charge in [-0.05, 0) is 6.07 Å². The third-order valence-corrected chi connectivity index (χ3v) is 2.17. The van der Waals surface area contributed by atoms with Gasteiger partial charge in [0, 0.05) is 39.6 Å². The summed E-state index contributed by atoms with van der Waals surface area (Å²) in [5, 5.41) is 14.5. The zero-order valence-electron chi connectivity index (χ0n) is 10.3. The predicted octanol–water partition coefficient (Wildman–Crippen LogP) is 0.463. The first kappa shape index (κ1) is 13.8. The molecule has 0 saturated heterocycles. The largest absolute Gasteiger partial charge is 0.478 e. The number of carboxylic acids is 1. The summed E-state index contributed by atoms with van der Waals surface area (Å²) >= 11 is 0. The lowest BCUT2D eigenvalue weighted by Crippen LogP contribution is -2.37. The molecule has 98 valence electrons. The third kappa shape index (κ3) is 3.93. The second-order valence-corrected chi connectivity index (χ2v) is 3.78. The molecule has 0 spiro atoms. The Morgan fingerprint density at radius 3 is 2.72 bits per heavy atom. The third-order valence-electron chi connectivity index (χ3n) is 2.17. The topological polar surface area (TPSA) is 94.6 Å². The van der Waals surface area contributed by atoms with Gasteiger partial charge in [-0.2, -0.15) is 0 Å². The number of nitrogens with zero attached hydrogens (tertiary/aromatic N) is 2. The first-order valence-electron chi connectivity index (χ1n) is 5.38. The summed E-state index contributed by atoms with van der Waals surface area (Å²) in [4.78, 5) is 27.3. The van der Waals surface area contributed by atoms with Crippen LogP contribution in [0.4, 0.5) is 10.5 Å². The Balaban J connectivity index is 2.45. The van der Waals surface area contributed by atoms with Gasteiger partial charge in [-0.15, -0.1) is 0 Å². The zero-order chi connectivity index (χ0) is 13.5. The molecule has 0 atom stereocenters. The van der Waals surface area contributed by atoms with Gasteiger partial charge < -0.3 is 20.6 Å². The van der Waals surface area contributed by atoms with Crippen LogP contribution in [0.25, 0.3) is 0 Å². The molecule has 1 rings (SSSR count). The molecule has 2 amide bonds. The van der Waals surface area contributed by atoms with E-state index in [0.717, 1.165) is 0 Å². The van der Waals surface area contributed by atoms with Crippen LogP contribution in [-0.2, 0) is 0 Å². The van der Waals surface area contributed by atoms with Crippen LogP contribution < -0.4 is 10.6 Å². The maximum Gasteiger partial charge on any atom is 0.339 e. The number of hydrogen-bond acceptors (Lipinski definition) is 4. The van der Waals surface area contributed by atoms with Crippen molar-refractivity contribution in [1.29, 1.82) is 0 Å². The number of carbonyl (C=O) groups is 2. The first-order chi connectivity index (χ1) is 8.52. The minimum atomic E-state index is -1.04. The summed E-state index contributed by atoms with van der Waals surface area (Å²) in [6.45, 7) is 0.836. The molecule has 1 aromatic rings. The predicted molar refractivity (Wildman–Crippen MR) is 66.8 cm³/mol. The van der Waals surface area contributed by atoms with Crippen LogP contribution >= 0.6 is 0 Å². The fourth-order valence-electron chi connectivity index (χ4n) is 1.24. The standard InChI is InChI=1S/C11H16N4O3/c1-15(2)11(18)14-6-5-13-9-3-4-12-7-8(9)10(16)17/h3-4,7H,5-6H2,1-2H3,(H,12,13)(H,14,18)(H,16,17). The second kappa shape index (κ2) is 6.43. The van der Waals surface area contributed by atoms with E-state index in [1.165, 1.54) is 17.3 Å². The highest BCUT2D eigenvalue weighted by Gasteiger charge is 2.09. The normalized spacial score (nSPS) is 9.67. The number of amides is 2. The van der Waals surface area contributed by atoms with Gasteiger partial charge in [0.05, 0.1) is 5.69 Å². The van der Waals surface area contributed by atoms with Crippen LogP contribution in [0.15, 0.2) is 18.5 Å². The lowest BCUT2D eigenvalue weighted by molar-refractivity contribution is 0.0697. The summed E-state index contributed by atoms with van der Waals surface area (Å²) in [5.41, 5.74) is 0.591. The molecule has 0 saturated carbocycles. The Morgan fingerprint density at radius 2 is 2.11 bits per heavy atom. The molecule has 0 aliphatic rings. The van der Waals surface area contributed by atoms with Crippen molar-refractivity contribution in [3.8, 4) is 0 Å². The second-order valence-electron chi connectivity index (χ2n) is 3.78. The van der Waals surface area contributed by atoms with Gasteiger partial charge in [-0.1, -0.05) is 0 Å². The molecule has 1 heterocycles. The highest BCUT2D eigenvalue weighted by molar-refractivity contribution is 5.93. The summed E-state index contributed by atoms with van der Waals surface area (Å²) in [6, 6.07) is 1.39. The highest BCUT2D eigenvalue weighted by atomic mass is 16.4. The van der Waals surface area contributed by atoms with Crippen LogP contribution in [-0.4, -0.2) is 54.2 Å². The SMILES string of the molecule is CN(C)C(=O)NCCNc1ccncc1C(=O)O. The number of urea groups is 1. The van der Waals surface area contributed by atoms with Crippen molar-refractivity contribution in [3.63, 3.8) is 0 Å². The lowest BCUT2D eigenvalue weighted by Gasteiger charge is -2.13. The molecule has 0 aliphatic heterocycles. The Morgan fingerprint density at radius 1 is 1.39 bits per heavy atom. The number of aromatic carboxylic acids is 1. The zero-order valence-corrected chi connectivity index (χ0v) is 10.3. The molecule has 0 unspecified atom stereocenters. The molecule has 7 nitrogen and oxygen atoms in total. The molecular formula is C11H16N4O3. The fraction of sp³-hybridized carbons (Fsp3) is 0.364. The number of rotatable bonds is 5. The van der Waals surface area contributed by atoms with Gasteiger partial charge in [-0.25, -0.2) is 9.59 Å². The molecular weight excluding hydrogens is 236 g/mol. The van der Waals surface area contributed by atoms with Crippen molar-refractivity contribution in [2.45, 2.75) is 0 Å². The molecule has 3 N–H and O–H groups in total. The smallest absolute Gasteiger partial charge is 0.339 e. The number of nitrogens with one attached hydrogen (secondary N) is 2. The summed E-state index contributed by atoms with van der Waals surface area (Å²) < 4.78 is 0. The van der Waals surface area contributed by atoms with Crippen molar-refractivity contribution in [3.05, 3.63) is 24.0 Å². The van der Waals surface area contributed by atoms with E-state index in [4.69, 9.17) is 5.11 Å². The van der Waals surface area contributed by atoms with Crippen molar-refractivity contribution in [1.82, 2.24) is 15.2 Å². The van der Waals surface area contributed by atoms with Crippen LogP contribution in [0.5, 0.6) is 0 Å². The Labute approximate surface area is 105 Å². The minimum absolute atomic E-state index is 0.108. The maximum atomic E-state index is 11.2. The van der Waals surface area contributed by atoms with E-state index in [1.54, 1.807) is 20.2 Å². The number of carbonyl (C=O) groups excluding carboxylic acids is 1. The summed E-state index contributed by atoms with van der Waals surface area (Å²) in [6.07, 6.45) is 2.79. The summed E-state index contributed by atoms with van der Waals surface area (Å²) in [5.74, 6) is -1.04. The van der Waals surface area contributed by atoms with E-state index in [1.807, 2.05) is 0 Å². The molecule has 18 heavy (non-hydrogen) atoms. The molecule has 1 aromatic heterocycles. The van der Waals surface area contributed by atoms with E-state index >= 15 is 0 Å². The maximum absolute atomic E-state index is 11.2. The number of anilines is 1. The van der Waals surface area contributed by atoms with Gasteiger partial charge in [0.1, 0.15) is 5.56 Å². The quantitative estimate of drug-likeness (QED) is 0.662. The first-order valence-corrected chi connectivity index (χ1v) is 5.38. The monoisotopic (exact) mass is 252 g/mol. The number of carboxylic acid groups (broad SMARTS) is 1. The number of pyridine rings is 1. The van der Waals surface area contributed by atoms with Gasteiger partial charge in [-0.3, -0.25) is 4.98 Å². The molecule has 0 fully saturated rings. The molecule has 0 bridgehead atoms. The Kier molecular flexibility index (Phi) is 4.91. The van der Waals surface area contributed by atoms with E-state index in [9.17, 15) is 9.59 Å². The Bertz CT molecular complexity index is 434. The van der Waals surface area contributed by atoms with Gasteiger partial charge in [0.15, 0.2) is 0 Å². The Hall–Kier alpha value is -2.31. The lowest BCUT2D eigenvalue weighted by atomic mass is 10.2. The summed E-state index contributed by atoms with van der Waals surface area (Å²) in [7, 11) is 3.29. The van der Waals surface area contributed by atoms with Crippen LogP contribution in [0.3, 0.4) is 0 Å². The van der Waals surface area contributed by atoms with Crippen molar-refractivity contribution in [2.24, 2.45) is 0 Å². The highest BCUT2D eigenvalue weighted by Crippen LogP contribution is 2.12. The van der Waals surface area contributed by atoms with Gasteiger partial charge >= 0.3 is 12.0 Å². The van der Waals surface area contributed by atoms with E-state index in [2.05, 4.69) is 15.6 Å². The van der Waals surface area contributed by atoms with Crippen molar-refractivity contribution in [2.75, 3.05) is 32.5 Å². The van der Waals surface area contributed by atoms with Crippen LogP contribution in [0, 0.1) is 0 Å². The van der Waals surface area contributed by atoms with Crippen molar-refractivity contribution >= 4 is 17.7 Å². The van der Waals surface area contributed by atoms with E-state index in [0.29, 0.717) is 18.8 Å². The molecule has 7 heteroatoms. The van der Waals surface area contributed by atoms with Crippen LogP contribution in [0.1, 0.15) is 10.4 Å². The number of aromatic nitrogens is 1. The van der Waals surface area contributed by atoms with Crippen LogP contribution in [0.2, 0.25) is 0 Å². The minimum Gasteiger partial charge on any atom is -0.478 e. The molecule has 0 radical (unpaired) electrons. The number of hydrogen-bond donors (Lipinski definition) is 3. The van der Waals surface area contributed by atoms with Gasteiger partial charge in [0.2, 0.25) is 0 Å². The van der Waals surface area contributed by atoms with E-state index in [-0.39, 0.29) is 11.6 Å². The van der Waals surface area contributed by atoms with Crippen molar-refractivity contribution < 1.29 is 14.7 Å². The van der Waals surface area contributed by atoms with E-state index < -0.39 is 5.97 Å². The van der Waals surface area contributed by atoms with Gasteiger partial charge in [0.25, 0.3) is 0 Å². The average Bonchev–Trinajstić information content (AvgIpc) is 2.34.